The van der Waals surface area contributed by atoms with Gasteiger partial charge in [-0.1, -0.05) is 12.1 Å². The number of aromatic nitrogens is 3. The number of nitrogens with zero attached hydrogens (tertiary/aromatic N) is 3. The zero-order valence-corrected chi connectivity index (χ0v) is 9.57. The van der Waals surface area contributed by atoms with E-state index in [9.17, 15) is 0 Å². The highest BCUT2D eigenvalue weighted by molar-refractivity contribution is 7.99. The fourth-order valence-corrected chi connectivity index (χ4v) is 2.90. The van der Waals surface area contributed by atoms with Gasteiger partial charge >= 0.3 is 0 Å². The predicted molar refractivity (Wildman–Crippen MR) is 59.5 cm³/mol. The molecule has 2 heterocycles. The van der Waals surface area contributed by atoms with Gasteiger partial charge in [-0.2, -0.15) is 0 Å². The normalized spacial score (nSPS) is 26.0. The number of aliphatic hydroxyl groups excluding tert-OH is 1. The van der Waals surface area contributed by atoms with Crippen LogP contribution in [0.2, 0.25) is 0 Å². The van der Waals surface area contributed by atoms with Crippen LogP contribution in [0, 0.1) is 0 Å². The molecule has 15 heavy (non-hydrogen) atoms. The van der Waals surface area contributed by atoms with Gasteiger partial charge in [-0.15, -0.1) is 16.9 Å². The minimum absolute atomic E-state index is 0.103. The molecule has 1 aliphatic heterocycles. The Labute approximate surface area is 93.2 Å². The molecule has 0 spiro atoms. The van der Waals surface area contributed by atoms with E-state index in [2.05, 4.69) is 22.6 Å². The highest BCUT2D eigenvalue weighted by Crippen LogP contribution is 2.31. The zero-order valence-electron chi connectivity index (χ0n) is 8.76. The van der Waals surface area contributed by atoms with Crippen molar-refractivity contribution in [2.75, 3.05) is 12.4 Å². The van der Waals surface area contributed by atoms with Gasteiger partial charge in [-0.3, -0.25) is 5.32 Å². The molecule has 84 valence electrons. The van der Waals surface area contributed by atoms with Crippen molar-refractivity contribution in [1.29, 1.82) is 0 Å². The molecule has 0 radical (unpaired) electrons. The lowest BCUT2D eigenvalue weighted by Crippen LogP contribution is -2.24. The summed E-state index contributed by atoms with van der Waals surface area (Å²) in [6.45, 7) is 2.80. The van der Waals surface area contributed by atoms with Gasteiger partial charge < -0.3 is 5.11 Å². The maximum atomic E-state index is 8.76. The summed E-state index contributed by atoms with van der Waals surface area (Å²) in [6.07, 6.45) is 3.05. The lowest BCUT2D eigenvalue weighted by Gasteiger charge is -2.08. The van der Waals surface area contributed by atoms with E-state index in [-0.39, 0.29) is 12.0 Å². The number of nitrogens with one attached hydrogen (secondary N) is 1. The van der Waals surface area contributed by atoms with Gasteiger partial charge in [0.1, 0.15) is 5.69 Å². The van der Waals surface area contributed by atoms with E-state index in [1.165, 1.54) is 0 Å². The third-order valence-electron chi connectivity index (χ3n) is 2.50. The Morgan fingerprint density at radius 2 is 2.60 bits per heavy atom. The molecule has 0 saturated carbocycles. The average Bonchev–Trinajstić information content (AvgIpc) is 2.85. The number of rotatable bonds is 4. The van der Waals surface area contributed by atoms with Gasteiger partial charge in [0, 0.05) is 11.8 Å². The molecular formula is C9H16N4OS. The van der Waals surface area contributed by atoms with Crippen LogP contribution in [0.15, 0.2) is 6.20 Å². The summed E-state index contributed by atoms with van der Waals surface area (Å²) in [6, 6.07) is 0.586. The van der Waals surface area contributed by atoms with Crippen molar-refractivity contribution in [1.82, 2.24) is 20.3 Å². The van der Waals surface area contributed by atoms with Crippen LogP contribution in [0.1, 0.15) is 24.4 Å². The molecule has 1 fully saturated rings. The topological polar surface area (TPSA) is 63.0 Å². The standard InChI is InChI=1S/C9H16N4OS/c1-2-7-6-15-9(10-7)8-5-13(3-4-14)12-11-8/h5,7,9-10,14H,2-4,6H2,1H3. The van der Waals surface area contributed by atoms with Gasteiger partial charge in [0.05, 0.1) is 24.7 Å². The third kappa shape index (κ3) is 2.50. The summed E-state index contributed by atoms with van der Waals surface area (Å²) in [5, 5.41) is 20.6. The van der Waals surface area contributed by atoms with E-state index in [1.54, 1.807) is 4.68 Å². The minimum Gasteiger partial charge on any atom is -0.394 e. The van der Waals surface area contributed by atoms with Gasteiger partial charge in [0.25, 0.3) is 0 Å². The van der Waals surface area contributed by atoms with Crippen molar-refractivity contribution in [2.24, 2.45) is 0 Å². The average molecular weight is 228 g/mol. The number of aliphatic hydroxyl groups is 1. The molecule has 2 atom stereocenters. The smallest absolute Gasteiger partial charge is 0.110 e. The molecule has 0 aliphatic carbocycles. The van der Waals surface area contributed by atoms with Crippen LogP contribution in [-0.4, -0.2) is 38.5 Å². The van der Waals surface area contributed by atoms with E-state index in [1.807, 2.05) is 18.0 Å². The summed E-state index contributed by atoms with van der Waals surface area (Å²) >= 11 is 1.87. The van der Waals surface area contributed by atoms with Gasteiger partial charge in [0.15, 0.2) is 0 Å². The van der Waals surface area contributed by atoms with Crippen molar-refractivity contribution in [2.45, 2.75) is 31.3 Å². The monoisotopic (exact) mass is 228 g/mol. The Morgan fingerprint density at radius 1 is 1.73 bits per heavy atom. The number of thioether (sulfide) groups is 1. The van der Waals surface area contributed by atoms with Gasteiger partial charge in [-0.25, -0.2) is 4.68 Å². The first-order valence-corrected chi connectivity index (χ1v) is 6.27. The second-order valence-corrected chi connectivity index (χ2v) is 4.75. The maximum Gasteiger partial charge on any atom is 0.110 e. The highest BCUT2D eigenvalue weighted by atomic mass is 32.2. The Balaban J connectivity index is 1.97. The van der Waals surface area contributed by atoms with E-state index in [4.69, 9.17) is 5.11 Å². The zero-order chi connectivity index (χ0) is 10.7. The number of hydrogen-bond donors (Lipinski definition) is 2. The molecule has 2 N–H and O–H groups in total. The molecular weight excluding hydrogens is 212 g/mol. The van der Waals surface area contributed by atoms with Crippen molar-refractivity contribution in [3.63, 3.8) is 0 Å². The summed E-state index contributed by atoms with van der Waals surface area (Å²) < 4.78 is 1.68. The maximum absolute atomic E-state index is 8.76. The van der Waals surface area contributed by atoms with Crippen LogP contribution in [-0.2, 0) is 6.54 Å². The minimum atomic E-state index is 0.103. The molecule has 0 bridgehead atoms. The summed E-state index contributed by atoms with van der Waals surface area (Å²) in [5.41, 5.74) is 0.962. The third-order valence-corrected chi connectivity index (χ3v) is 3.80. The van der Waals surface area contributed by atoms with E-state index >= 15 is 0 Å². The summed E-state index contributed by atoms with van der Waals surface area (Å²) in [7, 11) is 0. The van der Waals surface area contributed by atoms with Crippen molar-refractivity contribution in [3.8, 4) is 0 Å². The predicted octanol–water partition coefficient (Wildman–Crippen LogP) is 0.384. The number of hydrogen-bond acceptors (Lipinski definition) is 5. The molecule has 0 amide bonds. The van der Waals surface area contributed by atoms with Gasteiger partial charge in [-0.05, 0) is 6.42 Å². The molecule has 6 heteroatoms. The van der Waals surface area contributed by atoms with Crippen molar-refractivity contribution >= 4 is 11.8 Å². The van der Waals surface area contributed by atoms with Crippen LogP contribution in [0.5, 0.6) is 0 Å². The first-order chi connectivity index (χ1) is 7.33. The Kier molecular flexibility index (Phi) is 3.61. The van der Waals surface area contributed by atoms with Gasteiger partial charge in [0.2, 0.25) is 0 Å². The van der Waals surface area contributed by atoms with Crippen LogP contribution < -0.4 is 5.32 Å². The van der Waals surface area contributed by atoms with Crippen LogP contribution in [0.25, 0.3) is 0 Å². The van der Waals surface area contributed by atoms with Crippen molar-refractivity contribution in [3.05, 3.63) is 11.9 Å². The molecule has 5 nitrogen and oxygen atoms in total. The molecule has 2 rings (SSSR count). The second kappa shape index (κ2) is 4.96. The highest BCUT2D eigenvalue weighted by Gasteiger charge is 2.26. The Bertz CT molecular complexity index is 317. The SMILES string of the molecule is CCC1CSC(c2cn(CCO)nn2)N1. The summed E-state index contributed by atoms with van der Waals surface area (Å²) in [5.74, 6) is 1.13. The molecule has 2 unspecified atom stereocenters. The first-order valence-electron chi connectivity index (χ1n) is 5.22. The fourth-order valence-electron chi connectivity index (χ4n) is 1.57. The molecule has 1 aliphatic rings. The molecule has 1 aromatic heterocycles. The van der Waals surface area contributed by atoms with Crippen LogP contribution in [0.4, 0.5) is 0 Å². The quantitative estimate of drug-likeness (QED) is 0.780. The van der Waals surface area contributed by atoms with Crippen LogP contribution >= 0.6 is 11.8 Å². The van der Waals surface area contributed by atoms with Crippen LogP contribution in [0.3, 0.4) is 0 Å². The Hall–Kier alpha value is -0.590. The Morgan fingerprint density at radius 3 is 3.27 bits per heavy atom. The van der Waals surface area contributed by atoms with E-state index in [0.717, 1.165) is 17.9 Å². The molecule has 0 aromatic carbocycles. The van der Waals surface area contributed by atoms with Crippen molar-refractivity contribution < 1.29 is 5.11 Å². The summed E-state index contributed by atoms with van der Waals surface area (Å²) in [4.78, 5) is 0. The first kappa shape index (κ1) is 10.9. The van der Waals surface area contributed by atoms with E-state index < -0.39 is 0 Å². The van der Waals surface area contributed by atoms with E-state index in [0.29, 0.717) is 12.6 Å². The lowest BCUT2D eigenvalue weighted by atomic mass is 10.2. The fraction of sp³-hybridized carbons (Fsp3) is 0.778. The largest absolute Gasteiger partial charge is 0.394 e. The second-order valence-electron chi connectivity index (χ2n) is 3.62. The molecule has 1 saturated heterocycles. The molecule has 1 aromatic rings. The lowest BCUT2D eigenvalue weighted by molar-refractivity contribution is 0.268.